The van der Waals surface area contributed by atoms with Gasteiger partial charge in [0.25, 0.3) is 0 Å². The van der Waals surface area contributed by atoms with Gasteiger partial charge in [-0.2, -0.15) is 0 Å². The molecule has 4 bridgehead atoms. The Kier molecular flexibility index (Phi) is 2.87. The number of hydrogen-bond donors (Lipinski definition) is 2. The Labute approximate surface area is 129 Å². The summed E-state index contributed by atoms with van der Waals surface area (Å²) in [6.07, 6.45) is 6.92. The molecule has 0 unspecified atom stereocenters. The van der Waals surface area contributed by atoms with E-state index >= 15 is 0 Å². The Morgan fingerprint density at radius 3 is 1.91 bits per heavy atom. The van der Waals surface area contributed by atoms with E-state index in [9.17, 15) is 19.8 Å². The van der Waals surface area contributed by atoms with E-state index in [0.29, 0.717) is 17.8 Å². The summed E-state index contributed by atoms with van der Waals surface area (Å²) in [6, 6.07) is 4.99. The summed E-state index contributed by atoms with van der Waals surface area (Å²) < 4.78 is 0. The van der Waals surface area contributed by atoms with E-state index in [4.69, 9.17) is 0 Å². The molecule has 1 aromatic carbocycles. The second kappa shape index (κ2) is 4.58. The third-order valence-electron chi connectivity index (χ3n) is 6.12. The van der Waals surface area contributed by atoms with Crippen molar-refractivity contribution in [3.8, 4) is 0 Å². The minimum Gasteiger partial charge on any atom is -0.478 e. The first-order valence-corrected chi connectivity index (χ1v) is 8.08. The van der Waals surface area contributed by atoms with Gasteiger partial charge in [-0.1, -0.05) is 12.1 Å². The predicted molar refractivity (Wildman–Crippen MR) is 80.2 cm³/mol. The fourth-order valence-corrected chi connectivity index (χ4v) is 5.84. The summed E-state index contributed by atoms with van der Waals surface area (Å²) in [4.78, 5) is 23.2. The summed E-state index contributed by atoms with van der Waals surface area (Å²) in [7, 11) is 0. The van der Waals surface area contributed by atoms with Crippen molar-refractivity contribution in [2.75, 3.05) is 0 Å². The molecule has 0 aromatic heterocycles. The van der Waals surface area contributed by atoms with E-state index in [1.807, 2.05) is 6.07 Å². The second-order valence-electron chi connectivity index (χ2n) is 7.54. The van der Waals surface area contributed by atoms with Crippen molar-refractivity contribution >= 4 is 11.9 Å². The highest BCUT2D eigenvalue weighted by atomic mass is 16.4. The lowest BCUT2D eigenvalue weighted by Gasteiger charge is -2.57. The molecule has 0 amide bonds. The van der Waals surface area contributed by atoms with Crippen molar-refractivity contribution in [2.24, 2.45) is 17.8 Å². The summed E-state index contributed by atoms with van der Waals surface area (Å²) in [5, 5.41) is 19.0. The Hall–Kier alpha value is -1.84. The lowest BCUT2D eigenvalue weighted by molar-refractivity contribution is -0.00587. The van der Waals surface area contributed by atoms with E-state index in [1.165, 1.54) is 25.3 Å². The molecule has 0 atom stereocenters. The summed E-state index contributed by atoms with van der Waals surface area (Å²) in [6.45, 7) is 0. The third kappa shape index (κ3) is 1.89. The van der Waals surface area contributed by atoms with Crippen molar-refractivity contribution in [1.82, 2.24) is 0 Å². The van der Waals surface area contributed by atoms with E-state index < -0.39 is 11.9 Å². The molecule has 4 nitrogen and oxygen atoms in total. The fraction of sp³-hybridized carbons (Fsp3) is 0.556. The Morgan fingerprint density at radius 2 is 1.45 bits per heavy atom. The monoisotopic (exact) mass is 300 g/mol. The number of carboxylic acid groups (broad SMARTS) is 2. The van der Waals surface area contributed by atoms with Crippen LogP contribution in [0.3, 0.4) is 0 Å². The minimum absolute atomic E-state index is 0.0250. The fourth-order valence-electron chi connectivity index (χ4n) is 5.84. The van der Waals surface area contributed by atoms with Crippen LogP contribution in [0.2, 0.25) is 0 Å². The van der Waals surface area contributed by atoms with Crippen LogP contribution >= 0.6 is 0 Å². The highest BCUT2D eigenvalue weighted by molar-refractivity contribution is 6.03. The summed E-state index contributed by atoms with van der Waals surface area (Å²) in [5.74, 6) is -0.170. The Balaban J connectivity index is 1.87. The van der Waals surface area contributed by atoms with Gasteiger partial charge < -0.3 is 10.2 Å². The maximum absolute atomic E-state index is 11.8. The predicted octanol–water partition coefficient (Wildman–Crippen LogP) is 3.55. The molecular formula is C18H20O4. The molecule has 0 saturated heterocycles. The van der Waals surface area contributed by atoms with E-state index in [1.54, 1.807) is 6.07 Å². The van der Waals surface area contributed by atoms with Gasteiger partial charge in [0.05, 0.1) is 11.1 Å². The van der Waals surface area contributed by atoms with Crippen LogP contribution in [0.25, 0.3) is 0 Å². The molecule has 5 rings (SSSR count). The third-order valence-corrected chi connectivity index (χ3v) is 6.12. The average Bonchev–Trinajstić information content (AvgIpc) is 2.44. The first-order valence-electron chi connectivity index (χ1n) is 8.08. The van der Waals surface area contributed by atoms with Gasteiger partial charge in [0.2, 0.25) is 0 Å². The van der Waals surface area contributed by atoms with Crippen LogP contribution < -0.4 is 0 Å². The summed E-state index contributed by atoms with van der Waals surface area (Å²) in [5.41, 5.74) is 0.630. The van der Waals surface area contributed by atoms with Gasteiger partial charge in [-0.15, -0.1) is 0 Å². The van der Waals surface area contributed by atoms with Crippen LogP contribution in [-0.2, 0) is 5.41 Å². The quantitative estimate of drug-likeness (QED) is 0.895. The summed E-state index contributed by atoms with van der Waals surface area (Å²) >= 11 is 0. The van der Waals surface area contributed by atoms with Crippen LogP contribution in [0.4, 0.5) is 0 Å². The van der Waals surface area contributed by atoms with Crippen LogP contribution in [0, 0.1) is 17.8 Å². The molecule has 0 radical (unpaired) electrons. The molecule has 0 aliphatic heterocycles. The Morgan fingerprint density at radius 1 is 0.909 bits per heavy atom. The SMILES string of the molecule is O=C(O)c1cccc(C23CC4CC(CC(C4)C2)C3)c1C(=O)O. The van der Waals surface area contributed by atoms with E-state index in [2.05, 4.69) is 0 Å². The topological polar surface area (TPSA) is 74.6 Å². The normalized spacial score (nSPS) is 35.5. The lowest BCUT2D eigenvalue weighted by Crippen LogP contribution is -2.49. The number of aromatic carboxylic acids is 2. The van der Waals surface area contributed by atoms with Gasteiger partial charge >= 0.3 is 11.9 Å². The van der Waals surface area contributed by atoms with Crippen molar-refractivity contribution in [3.05, 3.63) is 34.9 Å². The molecule has 4 aliphatic carbocycles. The standard InChI is InChI=1S/C18H20O4/c19-16(20)13-2-1-3-14(15(13)17(21)22)18-7-10-4-11(8-18)6-12(5-10)9-18/h1-3,10-12H,4-9H2,(H,19,20)(H,21,22). The number of benzene rings is 1. The molecular weight excluding hydrogens is 280 g/mol. The van der Waals surface area contributed by atoms with Gasteiger partial charge in [0.1, 0.15) is 0 Å². The van der Waals surface area contributed by atoms with Crippen molar-refractivity contribution in [1.29, 1.82) is 0 Å². The number of hydrogen-bond acceptors (Lipinski definition) is 2. The van der Waals surface area contributed by atoms with Crippen LogP contribution in [0.5, 0.6) is 0 Å². The van der Waals surface area contributed by atoms with Crippen molar-refractivity contribution < 1.29 is 19.8 Å². The maximum atomic E-state index is 11.8. The van der Waals surface area contributed by atoms with Crippen LogP contribution in [0.15, 0.2) is 18.2 Å². The van der Waals surface area contributed by atoms with Crippen molar-refractivity contribution in [3.63, 3.8) is 0 Å². The van der Waals surface area contributed by atoms with Crippen LogP contribution in [-0.4, -0.2) is 22.2 Å². The zero-order chi connectivity index (χ0) is 15.5. The average molecular weight is 300 g/mol. The maximum Gasteiger partial charge on any atom is 0.336 e. The Bertz CT molecular complexity index is 626. The number of carbonyl (C=O) groups is 2. The van der Waals surface area contributed by atoms with Gasteiger partial charge in [0, 0.05) is 0 Å². The smallest absolute Gasteiger partial charge is 0.336 e. The molecule has 22 heavy (non-hydrogen) atoms. The molecule has 4 fully saturated rings. The zero-order valence-corrected chi connectivity index (χ0v) is 12.4. The number of rotatable bonds is 3. The second-order valence-corrected chi connectivity index (χ2v) is 7.54. The molecule has 0 heterocycles. The largest absolute Gasteiger partial charge is 0.478 e. The van der Waals surface area contributed by atoms with E-state index in [0.717, 1.165) is 24.8 Å². The highest BCUT2D eigenvalue weighted by Crippen LogP contribution is 2.61. The van der Waals surface area contributed by atoms with Gasteiger partial charge in [-0.25, -0.2) is 9.59 Å². The first kappa shape index (κ1) is 13.8. The molecule has 4 aliphatic rings. The lowest BCUT2D eigenvalue weighted by atomic mass is 9.47. The van der Waals surface area contributed by atoms with E-state index in [-0.39, 0.29) is 16.5 Å². The molecule has 116 valence electrons. The number of carboxylic acids is 2. The van der Waals surface area contributed by atoms with Crippen molar-refractivity contribution in [2.45, 2.75) is 43.9 Å². The first-order chi connectivity index (χ1) is 10.5. The van der Waals surface area contributed by atoms with Gasteiger partial charge in [0.15, 0.2) is 0 Å². The zero-order valence-electron chi connectivity index (χ0n) is 12.4. The molecule has 4 saturated carbocycles. The molecule has 2 N–H and O–H groups in total. The minimum atomic E-state index is -1.15. The van der Waals surface area contributed by atoms with Crippen LogP contribution in [0.1, 0.15) is 64.8 Å². The van der Waals surface area contributed by atoms with Gasteiger partial charge in [-0.3, -0.25) is 0 Å². The molecule has 0 spiro atoms. The molecule has 4 heteroatoms. The highest BCUT2D eigenvalue weighted by Gasteiger charge is 2.52. The molecule has 1 aromatic rings. The van der Waals surface area contributed by atoms with Gasteiger partial charge in [-0.05, 0) is 73.3 Å².